The van der Waals surface area contributed by atoms with Gasteiger partial charge in [-0.2, -0.15) is 12.6 Å². The third kappa shape index (κ3) is 2.49. The molecule has 0 spiro atoms. The number of hydrogen-bond donors (Lipinski definition) is 1. The van der Waals surface area contributed by atoms with E-state index in [1.54, 1.807) is 0 Å². The van der Waals surface area contributed by atoms with Gasteiger partial charge in [-0.3, -0.25) is 0 Å². The van der Waals surface area contributed by atoms with E-state index in [0.29, 0.717) is 17.7 Å². The molecule has 0 aliphatic carbocycles. The summed E-state index contributed by atoms with van der Waals surface area (Å²) < 4.78 is 25.8. The van der Waals surface area contributed by atoms with Gasteiger partial charge in [-0.15, -0.1) is 0 Å². The molecule has 0 aliphatic rings. The molecule has 14 heavy (non-hydrogen) atoms. The number of hydrogen-bond acceptors (Lipinski definition) is 1. The van der Waals surface area contributed by atoms with Crippen molar-refractivity contribution in [1.82, 2.24) is 0 Å². The van der Waals surface area contributed by atoms with Crippen LogP contribution in [0.25, 0.3) is 0 Å². The van der Waals surface area contributed by atoms with Gasteiger partial charge in [0.25, 0.3) is 0 Å². The van der Waals surface area contributed by atoms with Gasteiger partial charge >= 0.3 is 0 Å². The lowest BCUT2D eigenvalue weighted by Crippen LogP contribution is -1.92. The zero-order valence-electron chi connectivity index (χ0n) is 7.77. The molecule has 1 aromatic carbocycles. The summed E-state index contributed by atoms with van der Waals surface area (Å²) in [6.07, 6.45) is 0.640. The van der Waals surface area contributed by atoms with Crippen molar-refractivity contribution in [2.75, 3.05) is 5.75 Å². The maximum atomic E-state index is 13.0. The molecule has 0 amide bonds. The molecule has 0 atom stereocenters. The third-order valence-electron chi connectivity index (χ3n) is 1.80. The minimum Gasteiger partial charge on any atom is -0.204 e. The minimum atomic E-state index is -0.831. The van der Waals surface area contributed by atoms with Crippen LogP contribution in [0.5, 0.6) is 0 Å². The molecular formula is C11H10F2S. The summed E-state index contributed by atoms with van der Waals surface area (Å²) in [5.41, 5.74) is 0.794. The second-order valence-corrected chi connectivity index (χ2v) is 3.26. The van der Waals surface area contributed by atoms with Crippen molar-refractivity contribution in [2.45, 2.75) is 13.3 Å². The van der Waals surface area contributed by atoms with Crippen LogP contribution in [0, 0.1) is 30.4 Å². The van der Waals surface area contributed by atoms with E-state index in [1.807, 2.05) is 0 Å². The Balaban J connectivity index is 3.02. The van der Waals surface area contributed by atoms with Gasteiger partial charge in [0.15, 0.2) is 11.6 Å². The average molecular weight is 212 g/mol. The van der Waals surface area contributed by atoms with E-state index in [-0.39, 0.29) is 5.56 Å². The molecule has 0 saturated heterocycles. The molecular weight excluding hydrogens is 202 g/mol. The van der Waals surface area contributed by atoms with Crippen LogP contribution in [0.4, 0.5) is 8.78 Å². The van der Waals surface area contributed by atoms with Crippen LogP contribution in [0.15, 0.2) is 12.1 Å². The van der Waals surface area contributed by atoms with Gasteiger partial charge in [-0.25, -0.2) is 8.78 Å². The normalized spacial score (nSPS) is 9.43. The summed E-state index contributed by atoms with van der Waals surface area (Å²) in [7, 11) is 0. The Bertz CT molecular complexity index is 388. The maximum Gasteiger partial charge on any atom is 0.162 e. The van der Waals surface area contributed by atoms with Gasteiger partial charge in [0, 0.05) is 23.3 Å². The first-order chi connectivity index (χ1) is 6.66. The predicted octanol–water partition coefficient (Wildman–Crippen LogP) is 2.94. The molecule has 0 N–H and O–H groups in total. The number of thiol groups is 1. The van der Waals surface area contributed by atoms with E-state index in [1.165, 1.54) is 13.0 Å². The fraction of sp³-hybridized carbons (Fsp3) is 0.273. The summed E-state index contributed by atoms with van der Waals surface area (Å²) >= 11 is 3.99. The van der Waals surface area contributed by atoms with Crippen LogP contribution in [-0.4, -0.2) is 5.75 Å². The molecule has 0 aliphatic heterocycles. The molecule has 0 nitrogen and oxygen atoms in total. The summed E-state index contributed by atoms with van der Waals surface area (Å²) in [4.78, 5) is 0. The minimum absolute atomic E-state index is 0.261. The standard InChI is InChI=1S/C11H10F2S/c1-8-9(4-2-3-7-14)5-6-10(12)11(8)13/h5-6,14H,3,7H2,1H3. The van der Waals surface area contributed by atoms with Gasteiger partial charge in [-0.05, 0) is 19.1 Å². The molecule has 0 heterocycles. The summed E-state index contributed by atoms with van der Waals surface area (Å²) in [5, 5.41) is 0. The van der Waals surface area contributed by atoms with Gasteiger partial charge in [0.05, 0.1) is 0 Å². The number of halogens is 2. The van der Waals surface area contributed by atoms with Crippen LogP contribution in [-0.2, 0) is 0 Å². The van der Waals surface area contributed by atoms with Crippen molar-refractivity contribution in [3.05, 3.63) is 34.9 Å². The van der Waals surface area contributed by atoms with E-state index < -0.39 is 11.6 Å². The highest BCUT2D eigenvalue weighted by Crippen LogP contribution is 2.14. The Morgan fingerprint density at radius 1 is 1.36 bits per heavy atom. The van der Waals surface area contributed by atoms with Crippen molar-refractivity contribution in [2.24, 2.45) is 0 Å². The largest absolute Gasteiger partial charge is 0.204 e. The zero-order valence-corrected chi connectivity index (χ0v) is 8.67. The topological polar surface area (TPSA) is 0 Å². The monoisotopic (exact) mass is 212 g/mol. The maximum absolute atomic E-state index is 13.0. The molecule has 0 radical (unpaired) electrons. The molecule has 1 aromatic rings. The smallest absolute Gasteiger partial charge is 0.162 e. The lowest BCUT2D eigenvalue weighted by atomic mass is 10.1. The second kappa shape index (κ2) is 5.02. The van der Waals surface area contributed by atoms with Gasteiger partial charge in [0.2, 0.25) is 0 Å². The molecule has 0 unspecified atom stereocenters. The van der Waals surface area contributed by atoms with Crippen molar-refractivity contribution < 1.29 is 8.78 Å². The summed E-state index contributed by atoms with van der Waals surface area (Å²) in [6, 6.07) is 2.58. The van der Waals surface area contributed by atoms with E-state index >= 15 is 0 Å². The molecule has 0 aromatic heterocycles. The molecule has 0 bridgehead atoms. The third-order valence-corrected chi connectivity index (χ3v) is 2.02. The highest BCUT2D eigenvalue weighted by molar-refractivity contribution is 7.80. The summed E-state index contributed by atoms with van der Waals surface area (Å²) in [5.74, 6) is 4.61. The number of benzene rings is 1. The molecule has 74 valence electrons. The van der Waals surface area contributed by atoms with Crippen molar-refractivity contribution in [3.8, 4) is 11.8 Å². The Labute approximate surface area is 87.7 Å². The fourth-order valence-electron chi connectivity index (χ4n) is 1.00. The first kappa shape index (κ1) is 11.1. The van der Waals surface area contributed by atoms with Crippen molar-refractivity contribution in [1.29, 1.82) is 0 Å². The second-order valence-electron chi connectivity index (χ2n) is 2.81. The van der Waals surface area contributed by atoms with Crippen LogP contribution >= 0.6 is 12.6 Å². The molecule has 3 heteroatoms. The summed E-state index contributed by atoms with van der Waals surface area (Å²) in [6.45, 7) is 1.52. The highest BCUT2D eigenvalue weighted by atomic mass is 32.1. The van der Waals surface area contributed by atoms with Crippen LogP contribution in [0.3, 0.4) is 0 Å². The first-order valence-electron chi connectivity index (χ1n) is 4.21. The van der Waals surface area contributed by atoms with E-state index in [2.05, 4.69) is 24.5 Å². The van der Waals surface area contributed by atoms with Gasteiger partial charge < -0.3 is 0 Å². The fourth-order valence-corrected chi connectivity index (χ4v) is 1.11. The highest BCUT2D eigenvalue weighted by Gasteiger charge is 2.07. The van der Waals surface area contributed by atoms with Crippen LogP contribution in [0.2, 0.25) is 0 Å². The van der Waals surface area contributed by atoms with Crippen LogP contribution in [0.1, 0.15) is 17.5 Å². The van der Waals surface area contributed by atoms with E-state index in [9.17, 15) is 8.78 Å². The van der Waals surface area contributed by atoms with E-state index in [4.69, 9.17) is 0 Å². The number of rotatable bonds is 1. The zero-order chi connectivity index (χ0) is 10.6. The van der Waals surface area contributed by atoms with Crippen molar-refractivity contribution >= 4 is 12.6 Å². The van der Waals surface area contributed by atoms with Crippen LogP contribution < -0.4 is 0 Å². The lowest BCUT2D eigenvalue weighted by molar-refractivity contribution is 0.502. The van der Waals surface area contributed by atoms with Gasteiger partial charge in [0.1, 0.15) is 0 Å². The first-order valence-corrected chi connectivity index (χ1v) is 4.84. The SMILES string of the molecule is Cc1c(C#CCCS)ccc(F)c1F. The Morgan fingerprint density at radius 2 is 2.07 bits per heavy atom. The average Bonchev–Trinajstić information content (AvgIpc) is 2.18. The lowest BCUT2D eigenvalue weighted by Gasteiger charge is -2.00. The molecule has 0 fully saturated rings. The molecule has 0 saturated carbocycles. The molecule has 1 rings (SSSR count). The Morgan fingerprint density at radius 3 is 2.71 bits per heavy atom. The Kier molecular flexibility index (Phi) is 3.97. The predicted molar refractivity (Wildman–Crippen MR) is 56.4 cm³/mol. The van der Waals surface area contributed by atoms with Gasteiger partial charge in [-0.1, -0.05) is 11.8 Å². The van der Waals surface area contributed by atoms with Crippen molar-refractivity contribution in [3.63, 3.8) is 0 Å². The van der Waals surface area contributed by atoms with E-state index in [0.717, 1.165) is 6.07 Å². The Hall–Kier alpha value is -1.01. The quantitative estimate of drug-likeness (QED) is 0.537.